The summed E-state index contributed by atoms with van der Waals surface area (Å²) in [4.78, 5) is 25.4. The average Bonchev–Trinajstić information content (AvgIpc) is 3.23. The molecule has 4 rings (SSSR count). The number of rotatable bonds is 7. The van der Waals surface area contributed by atoms with Gasteiger partial charge in [-0.2, -0.15) is 18.3 Å². The van der Waals surface area contributed by atoms with E-state index < -0.39 is 17.3 Å². The first-order valence-electron chi connectivity index (χ1n) is 10.9. The van der Waals surface area contributed by atoms with Crippen LogP contribution in [-0.4, -0.2) is 22.6 Å². The summed E-state index contributed by atoms with van der Waals surface area (Å²) in [6.45, 7) is 4.56. The van der Waals surface area contributed by atoms with Crippen molar-refractivity contribution in [1.82, 2.24) is 10.2 Å². The SMILES string of the molecule is CC(C)C(=O)c1ccc(OCCc2cccc3c2CN(c2cn[nH]c(=O)c2C(F)(F)F)C3)cc1. The van der Waals surface area contributed by atoms with Gasteiger partial charge in [0, 0.05) is 31.0 Å². The molecule has 0 saturated heterocycles. The Labute approximate surface area is 194 Å². The average molecular weight is 471 g/mol. The van der Waals surface area contributed by atoms with E-state index in [9.17, 15) is 22.8 Å². The van der Waals surface area contributed by atoms with Gasteiger partial charge in [0.05, 0.1) is 18.5 Å². The van der Waals surface area contributed by atoms with Gasteiger partial charge < -0.3 is 9.64 Å². The fraction of sp³-hybridized carbons (Fsp3) is 0.320. The second-order valence-electron chi connectivity index (χ2n) is 8.51. The summed E-state index contributed by atoms with van der Waals surface area (Å²) in [5.74, 6) is 0.628. The first-order valence-corrected chi connectivity index (χ1v) is 10.9. The molecule has 0 radical (unpaired) electrons. The van der Waals surface area contributed by atoms with Crippen LogP contribution < -0.4 is 15.2 Å². The predicted octanol–water partition coefficient (Wildman–Crippen LogP) is 4.77. The molecule has 0 bridgehead atoms. The summed E-state index contributed by atoms with van der Waals surface area (Å²) in [5, 5.41) is 5.45. The Kier molecular flexibility index (Phi) is 6.45. The van der Waals surface area contributed by atoms with E-state index in [1.54, 1.807) is 24.3 Å². The molecule has 34 heavy (non-hydrogen) atoms. The molecule has 1 aliphatic rings. The lowest BCUT2D eigenvalue weighted by Gasteiger charge is -2.21. The number of nitrogens with one attached hydrogen (secondary N) is 1. The maximum absolute atomic E-state index is 13.5. The van der Waals surface area contributed by atoms with Crippen LogP contribution in [0.4, 0.5) is 18.9 Å². The highest BCUT2D eigenvalue weighted by atomic mass is 19.4. The second kappa shape index (κ2) is 9.32. The number of fused-ring (bicyclic) bond motifs is 1. The zero-order valence-corrected chi connectivity index (χ0v) is 18.8. The van der Waals surface area contributed by atoms with E-state index in [1.807, 2.05) is 37.1 Å². The highest BCUT2D eigenvalue weighted by Crippen LogP contribution is 2.37. The Morgan fingerprint density at radius 3 is 2.56 bits per heavy atom. The fourth-order valence-electron chi connectivity index (χ4n) is 4.13. The normalized spacial score (nSPS) is 13.3. The minimum atomic E-state index is -4.79. The van der Waals surface area contributed by atoms with Crippen LogP contribution in [0.25, 0.3) is 0 Å². The molecule has 2 heterocycles. The smallest absolute Gasteiger partial charge is 0.423 e. The van der Waals surface area contributed by atoms with Crippen molar-refractivity contribution >= 4 is 11.5 Å². The number of ketones is 1. The molecular formula is C25H24F3N3O3. The van der Waals surface area contributed by atoms with Gasteiger partial charge in [0.25, 0.3) is 5.56 Å². The minimum Gasteiger partial charge on any atom is -0.493 e. The number of hydrogen-bond acceptors (Lipinski definition) is 5. The topological polar surface area (TPSA) is 75.3 Å². The number of hydrogen-bond donors (Lipinski definition) is 1. The van der Waals surface area contributed by atoms with E-state index in [2.05, 4.69) is 5.10 Å². The third-order valence-corrected chi connectivity index (χ3v) is 5.84. The zero-order chi connectivity index (χ0) is 24.5. The number of carbonyl (C=O) groups is 1. The molecular weight excluding hydrogens is 447 g/mol. The Hall–Kier alpha value is -3.62. The largest absolute Gasteiger partial charge is 0.493 e. The molecule has 0 aliphatic carbocycles. The number of ether oxygens (including phenoxy) is 1. The fourth-order valence-corrected chi connectivity index (χ4v) is 4.13. The molecule has 0 fully saturated rings. The summed E-state index contributed by atoms with van der Waals surface area (Å²) in [5.41, 5.74) is 0.717. The Morgan fingerprint density at radius 1 is 1.15 bits per heavy atom. The lowest BCUT2D eigenvalue weighted by atomic mass is 10.0. The van der Waals surface area contributed by atoms with Crippen LogP contribution in [0.3, 0.4) is 0 Å². The second-order valence-corrected chi connectivity index (χ2v) is 8.51. The van der Waals surface area contributed by atoms with Crippen molar-refractivity contribution in [3.05, 3.63) is 86.8 Å². The zero-order valence-electron chi connectivity index (χ0n) is 18.8. The van der Waals surface area contributed by atoms with Gasteiger partial charge in [-0.1, -0.05) is 32.0 Å². The van der Waals surface area contributed by atoms with Gasteiger partial charge in [0.15, 0.2) is 5.78 Å². The van der Waals surface area contributed by atoms with Crippen molar-refractivity contribution < 1.29 is 22.7 Å². The number of carbonyl (C=O) groups excluding carboxylic acids is 1. The van der Waals surface area contributed by atoms with E-state index in [4.69, 9.17) is 4.74 Å². The molecule has 0 saturated carbocycles. The van der Waals surface area contributed by atoms with Gasteiger partial charge in [-0.25, -0.2) is 5.10 Å². The van der Waals surface area contributed by atoms with E-state index in [0.717, 1.165) is 22.9 Å². The number of benzene rings is 2. The molecule has 6 nitrogen and oxygen atoms in total. The molecule has 0 unspecified atom stereocenters. The quantitative estimate of drug-likeness (QED) is 0.503. The first kappa shape index (κ1) is 23.5. The third kappa shape index (κ3) is 4.83. The third-order valence-electron chi connectivity index (χ3n) is 5.84. The van der Waals surface area contributed by atoms with E-state index >= 15 is 0 Å². The molecule has 0 spiro atoms. The highest BCUT2D eigenvalue weighted by Gasteiger charge is 2.39. The Bertz CT molecular complexity index is 1250. The minimum absolute atomic E-state index is 0.0697. The van der Waals surface area contributed by atoms with Gasteiger partial charge in [-0.05, 0) is 41.0 Å². The number of H-pyrrole nitrogens is 1. The summed E-state index contributed by atoms with van der Waals surface area (Å²) in [6, 6.07) is 12.7. The van der Waals surface area contributed by atoms with Gasteiger partial charge >= 0.3 is 6.18 Å². The summed E-state index contributed by atoms with van der Waals surface area (Å²) >= 11 is 0. The maximum atomic E-state index is 13.5. The van der Waals surface area contributed by atoms with Crippen molar-refractivity contribution in [3.8, 4) is 5.75 Å². The van der Waals surface area contributed by atoms with Gasteiger partial charge in [0.2, 0.25) is 0 Å². The number of aromatic amines is 1. The van der Waals surface area contributed by atoms with Crippen LogP contribution in [0.15, 0.2) is 53.5 Å². The molecule has 9 heteroatoms. The van der Waals surface area contributed by atoms with Crippen molar-refractivity contribution in [1.29, 1.82) is 0 Å². The van der Waals surface area contributed by atoms with Crippen molar-refractivity contribution in [2.45, 2.75) is 39.5 Å². The monoisotopic (exact) mass is 471 g/mol. The Morgan fingerprint density at radius 2 is 1.88 bits per heavy atom. The lowest BCUT2D eigenvalue weighted by molar-refractivity contribution is -0.138. The number of nitrogens with zero attached hydrogens (tertiary/aromatic N) is 2. The summed E-state index contributed by atoms with van der Waals surface area (Å²) < 4.78 is 46.3. The van der Waals surface area contributed by atoms with Crippen LogP contribution in [-0.2, 0) is 25.7 Å². The van der Waals surface area contributed by atoms with Gasteiger partial charge in [-0.3, -0.25) is 9.59 Å². The van der Waals surface area contributed by atoms with Crippen molar-refractivity contribution in [3.63, 3.8) is 0 Å². The van der Waals surface area contributed by atoms with Crippen LogP contribution in [0, 0.1) is 5.92 Å². The standard InChI is InChI=1S/C25H24F3N3O3/c1-15(2)23(32)17-6-8-19(9-7-17)34-11-10-16-4-3-5-18-13-31(14-20(16)18)21-12-29-30-24(33)22(21)25(26,27)28/h3-9,12,15H,10-11,13-14H2,1-2H3,(H,30,33). The van der Waals surface area contributed by atoms with Gasteiger partial charge in [-0.15, -0.1) is 0 Å². The highest BCUT2D eigenvalue weighted by molar-refractivity contribution is 5.97. The van der Waals surface area contributed by atoms with Crippen LogP contribution in [0.1, 0.15) is 46.5 Å². The lowest BCUT2D eigenvalue weighted by Crippen LogP contribution is -2.28. The molecule has 1 aliphatic heterocycles. The molecule has 0 amide bonds. The predicted molar refractivity (Wildman–Crippen MR) is 121 cm³/mol. The molecule has 1 N–H and O–H groups in total. The molecule has 1 aromatic heterocycles. The summed E-state index contributed by atoms with van der Waals surface area (Å²) in [7, 11) is 0. The maximum Gasteiger partial charge on any atom is 0.423 e. The number of aromatic nitrogens is 2. The van der Waals surface area contributed by atoms with E-state index in [0.29, 0.717) is 24.3 Å². The summed E-state index contributed by atoms with van der Waals surface area (Å²) in [6.07, 6.45) is -3.18. The van der Waals surface area contributed by atoms with Crippen LogP contribution in [0.2, 0.25) is 0 Å². The Balaban J connectivity index is 1.45. The molecule has 178 valence electrons. The first-order chi connectivity index (χ1) is 16.1. The van der Waals surface area contributed by atoms with E-state index in [-0.39, 0.29) is 30.5 Å². The van der Waals surface area contributed by atoms with Crippen molar-refractivity contribution in [2.24, 2.45) is 5.92 Å². The number of alkyl halides is 3. The number of halogens is 3. The molecule has 0 atom stereocenters. The number of anilines is 1. The molecule has 3 aromatic rings. The van der Waals surface area contributed by atoms with Crippen molar-refractivity contribution in [2.75, 3.05) is 11.5 Å². The number of Topliss-reactive ketones (excluding diaryl/α,β-unsaturated/α-hetero) is 1. The van der Waals surface area contributed by atoms with E-state index in [1.165, 1.54) is 4.90 Å². The van der Waals surface area contributed by atoms with Gasteiger partial charge in [0.1, 0.15) is 11.3 Å². The van der Waals surface area contributed by atoms with Crippen LogP contribution >= 0.6 is 0 Å². The van der Waals surface area contributed by atoms with Crippen LogP contribution in [0.5, 0.6) is 5.75 Å². The molecule has 2 aromatic carbocycles.